The molecule has 11 heteroatoms. The number of benzene rings is 2. The highest BCUT2D eigenvalue weighted by Crippen LogP contribution is 2.41. The summed E-state index contributed by atoms with van der Waals surface area (Å²) in [4.78, 5) is 25.5. The predicted octanol–water partition coefficient (Wildman–Crippen LogP) is 7.00. The van der Waals surface area contributed by atoms with Crippen LogP contribution in [-0.4, -0.2) is 36.0 Å². The third-order valence-corrected chi connectivity index (χ3v) is 8.50. The molecule has 0 aliphatic rings. The van der Waals surface area contributed by atoms with Crippen LogP contribution in [0.15, 0.2) is 70.2 Å². The summed E-state index contributed by atoms with van der Waals surface area (Å²) in [5, 5.41) is 10.5. The van der Waals surface area contributed by atoms with E-state index in [1.165, 1.54) is 42.7 Å². The lowest BCUT2D eigenvalue weighted by Gasteiger charge is -2.22. The van der Waals surface area contributed by atoms with Gasteiger partial charge in [0.25, 0.3) is 10.0 Å². The van der Waals surface area contributed by atoms with Crippen LogP contribution in [0.25, 0.3) is 16.5 Å². The zero-order valence-electron chi connectivity index (χ0n) is 22.2. The number of ether oxygens (including phenoxy) is 1. The molecule has 8 nitrogen and oxygen atoms in total. The van der Waals surface area contributed by atoms with E-state index < -0.39 is 27.4 Å². The van der Waals surface area contributed by atoms with E-state index in [0.29, 0.717) is 5.39 Å². The molecule has 0 atom stereocenters. The third kappa shape index (κ3) is 5.68. The maximum Gasteiger partial charge on any atom is 0.356 e. The molecule has 0 spiro atoms. The summed E-state index contributed by atoms with van der Waals surface area (Å²) < 4.78 is 39.7. The van der Waals surface area contributed by atoms with Crippen molar-refractivity contribution >= 4 is 61.6 Å². The molecule has 2 aromatic carbocycles. The van der Waals surface area contributed by atoms with E-state index in [1.54, 1.807) is 39.0 Å². The predicted molar refractivity (Wildman–Crippen MR) is 153 cm³/mol. The van der Waals surface area contributed by atoms with Crippen LogP contribution in [0.2, 0.25) is 10.0 Å². The van der Waals surface area contributed by atoms with E-state index in [4.69, 9.17) is 32.4 Å². The normalized spacial score (nSPS) is 12.6. The Morgan fingerprint density at radius 3 is 2.38 bits per heavy atom. The summed E-state index contributed by atoms with van der Waals surface area (Å²) in [6.07, 6.45) is 2.89. The summed E-state index contributed by atoms with van der Waals surface area (Å²) >= 11 is 13.0. The SMILES string of the molecule is CCOC(=O)c1c(CC(C)(C)/C=C(/C(=O)O)c2ccco2)c2c(Cl)cc(Cl)cc2n1S(=O)(=O)c1ccc(C)cc1. The second kappa shape index (κ2) is 11.2. The molecule has 0 radical (unpaired) electrons. The van der Waals surface area contributed by atoms with Crippen molar-refractivity contribution in [2.75, 3.05) is 6.61 Å². The first-order valence-electron chi connectivity index (χ1n) is 12.3. The van der Waals surface area contributed by atoms with E-state index in [-0.39, 0.29) is 56.1 Å². The number of furan rings is 1. The number of aliphatic carboxylic acids is 1. The van der Waals surface area contributed by atoms with E-state index in [0.717, 1.165) is 9.54 Å². The fourth-order valence-corrected chi connectivity index (χ4v) is 6.71. The van der Waals surface area contributed by atoms with Gasteiger partial charge in [-0.2, -0.15) is 0 Å². The molecule has 0 unspecified atom stereocenters. The average molecular weight is 605 g/mol. The summed E-state index contributed by atoms with van der Waals surface area (Å²) in [6, 6.07) is 12.2. The van der Waals surface area contributed by atoms with Crippen LogP contribution in [0, 0.1) is 12.3 Å². The first kappa shape index (κ1) is 29.5. The summed E-state index contributed by atoms with van der Waals surface area (Å²) in [5.74, 6) is -1.93. The smallest absolute Gasteiger partial charge is 0.356 e. The van der Waals surface area contributed by atoms with Gasteiger partial charge in [0, 0.05) is 10.4 Å². The molecule has 1 N–H and O–H groups in total. The molecule has 4 aromatic rings. The third-order valence-electron chi connectivity index (χ3n) is 6.26. The lowest BCUT2D eigenvalue weighted by Crippen LogP contribution is -2.23. The zero-order chi connectivity index (χ0) is 29.4. The first-order chi connectivity index (χ1) is 18.8. The lowest BCUT2D eigenvalue weighted by molar-refractivity contribution is -0.130. The number of carboxylic acid groups (broad SMARTS) is 1. The van der Waals surface area contributed by atoms with E-state index in [9.17, 15) is 23.1 Å². The molecule has 4 rings (SSSR count). The number of carboxylic acids is 1. The fourth-order valence-electron chi connectivity index (χ4n) is 4.59. The lowest BCUT2D eigenvalue weighted by atomic mass is 9.82. The molecule has 0 aliphatic carbocycles. The molecule has 0 amide bonds. The van der Waals surface area contributed by atoms with Crippen LogP contribution < -0.4 is 0 Å². The second-order valence-corrected chi connectivity index (χ2v) is 12.5. The van der Waals surface area contributed by atoms with E-state index in [2.05, 4.69) is 0 Å². The van der Waals surface area contributed by atoms with Gasteiger partial charge in [0.05, 0.1) is 33.9 Å². The van der Waals surface area contributed by atoms with Crippen LogP contribution in [-0.2, 0) is 26.0 Å². The molecule has 0 saturated carbocycles. The van der Waals surface area contributed by atoms with E-state index >= 15 is 0 Å². The molecule has 210 valence electrons. The van der Waals surface area contributed by atoms with Crippen molar-refractivity contribution in [1.82, 2.24) is 3.97 Å². The highest BCUT2D eigenvalue weighted by Gasteiger charge is 2.35. The first-order valence-corrected chi connectivity index (χ1v) is 14.5. The number of nitrogens with zero attached hydrogens (tertiary/aromatic N) is 1. The molecule has 0 bridgehead atoms. The number of hydrogen-bond donors (Lipinski definition) is 1. The zero-order valence-corrected chi connectivity index (χ0v) is 24.5. The summed E-state index contributed by atoms with van der Waals surface area (Å²) in [5.41, 5.74) is -0.0299. The largest absolute Gasteiger partial charge is 0.478 e. The van der Waals surface area contributed by atoms with Crippen molar-refractivity contribution in [3.8, 4) is 0 Å². The van der Waals surface area contributed by atoms with Gasteiger partial charge in [-0.05, 0) is 67.6 Å². The Labute approximate surface area is 241 Å². The molecule has 2 aromatic heterocycles. The van der Waals surface area contributed by atoms with E-state index in [1.807, 2.05) is 6.92 Å². The standard InChI is InChI=1S/C29H27Cl2NO7S/c1-5-38-28(35)26-21(16-29(3,4)15-20(27(33)34)24-7-6-12-39-24)25-22(31)13-18(30)14-23(25)32(26)40(36,37)19-10-8-17(2)9-11-19/h6-15H,5,16H2,1-4H3,(H,33,34)/b20-15+. The Hall–Kier alpha value is -3.53. The maximum atomic E-state index is 14.1. The Bertz CT molecular complexity index is 1730. The molecular formula is C29H27Cl2NO7S. The summed E-state index contributed by atoms with van der Waals surface area (Å²) in [6.45, 7) is 6.94. The molecular weight excluding hydrogens is 577 g/mol. The van der Waals surface area contributed by atoms with Crippen LogP contribution in [0.3, 0.4) is 0 Å². The minimum atomic E-state index is -4.34. The molecule has 0 saturated heterocycles. The number of carbonyl (C=O) groups excluding carboxylic acids is 1. The Kier molecular flexibility index (Phi) is 8.21. The minimum absolute atomic E-state index is 0.0101. The van der Waals surface area contributed by atoms with Crippen LogP contribution in [0.4, 0.5) is 0 Å². The van der Waals surface area contributed by atoms with Gasteiger partial charge >= 0.3 is 11.9 Å². The summed E-state index contributed by atoms with van der Waals surface area (Å²) in [7, 11) is -4.34. The Morgan fingerprint density at radius 2 is 1.80 bits per heavy atom. The van der Waals surface area contributed by atoms with Gasteiger partial charge in [0.15, 0.2) is 0 Å². The molecule has 0 aliphatic heterocycles. The van der Waals surface area contributed by atoms with Gasteiger partial charge in [-0.25, -0.2) is 22.0 Å². The number of fused-ring (bicyclic) bond motifs is 1. The maximum absolute atomic E-state index is 14.1. The number of rotatable bonds is 9. The van der Waals surface area contributed by atoms with Gasteiger partial charge in [0.1, 0.15) is 11.5 Å². The fraction of sp³-hybridized carbons (Fsp3) is 0.241. The quantitative estimate of drug-likeness (QED) is 0.162. The minimum Gasteiger partial charge on any atom is -0.478 e. The Morgan fingerprint density at radius 1 is 1.12 bits per heavy atom. The number of allylic oxidation sites excluding steroid dienone is 1. The van der Waals surface area contributed by atoms with Crippen LogP contribution in [0.5, 0.6) is 0 Å². The molecule has 0 fully saturated rings. The van der Waals surface area contributed by atoms with Crippen molar-refractivity contribution in [3.05, 3.63) is 93.5 Å². The number of aromatic nitrogens is 1. The van der Waals surface area contributed by atoms with Crippen molar-refractivity contribution in [2.45, 2.75) is 39.0 Å². The van der Waals surface area contributed by atoms with Crippen molar-refractivity contribution in [3.63, 3.8) is 0 Å². The van der Waals surface area contributed by atoms with Crippen molar-refractivity contribution in [2.24, 2.45) is 5.41 Å². The van der Waals surface area contributed by atoms with Crippen LogP contribution >= 0.6 is 23.2 Å². The highest BCUT2D eigenvalue weighted by molar-refractivity contribution is 7.90. The topological polar surface area (TPSA) is 116 Å². The van der Waals surface area contributed by atoms with Crippen LogP contribution in [0.1, 0.15) is 48.1 Å². The van der Waals surface area contributed by atoms with Crippen molar-refractivity contribution < 1.29 is 32.3 Å². The Balaban J connectivity index is 2.05. The monoisotopic (exact) mass is 603 g/mol. The number of halogens is 2. The number of aryl methyl sites for hydroxylation is 1. The second-order valence-electron chi connectivity index (χ2n) is 9.92. The van der Waals surface area contributed by atoms with Crippen molar-refractivity contribution in [1.29, 1.82) is 0 Å². The van der Waals surface area contributed by atoms with Gasteiger partial charge < -0.3 is 14.3 Å². The average Bonchev–Trinajstić information content (AvgIpc) is 3.49. The van der Waals surface area contributed by atoms with Gasteiger partial charge in [-0.15, -0.1) is 0 Å². The van der Waals surface area contributed by atoms with Gasteiger partial charge in [-0.1, -0.05) is 60.8 Å². The molecule has 2 heterocycles. The number of esters is 1. The number of hydrogen-bond acceptors (Lipinski definition) is 6. The van der Waals surface area contributed by atoms with Gasteiger partial charge in [0.2, 0.25) is 0 Å². The highest BCUT2D eigenvalue weighted by atomic mass is 35.5. The number of carbonyl (C=O) groups is 2. The van der Waals surface area contributed by atoms with Gasteiger partial charge in [-0.3, -0.25) is 0 Å². The molecule has 40 heavy (non-hydrogen) atoms.